The number of methoxy groups -OCH3 is 1. The molecule has 1 saturated carbocycles. The molecule has 0 unspecified atom stereocenters. The summed E-state index contributed by atoms with van der Waals surface area (Å²) in [4.78, 5) is 0. The summed E-state index contributed by atoms with van der Waals surface area (Å²) in [6.07, 6.45) is 2.09. The molecule has 0 aromatic heterocycles. The van der Waals surface area contributed by atoms with E-state index >= 15 is 0 Å². The number of hydrogen-bond donors (Lipinski definition) is 2. The van der Waals surface area contributed by atoms with Crippen LogP contribution in [0, 0.1) is 0 Å². The fourth-order valence-corrected chi connectivity index (χ4v) is 2.19. The van der Waals surface area contributed by atoms with E-state index in [0.717, 1.165) is 19.4 Å². The van der Waals surface area contributed by atoms with Gasteiger partial charge in [-0.15, -0.1) is 0 Å². The lowest BCUT2D eigenvalue weighted by molar-refractivity contribution is -0.0532. The summed E-state index contributed by atoms with van der Waals surface area (Å²) >= 11 is 0. The molecule has 0 saturated heterocycles. The number of hydrogen-bond acceptors (Lipinski definition) is 3. The van der Waals surface area contributed by atoms with Crippen LogP contribution in [0.3, 0.4) is 0 Å². The molecule has 1 aliphatic carbocycles. The Bertz CT molecular complexity index is 320. The van der Waals surface area contributed by atoms with Crippen LogP contribution in [-0.4, -0.2) is 30.5 Å². The van der Waals surface area contributed by atoms with E-state index in [2.05, 4.69) is 17.4 Å². The molecule has 2 N–H and O–H groups in total. The van der Waals surface area contributed by atoms with Crippen LogP contribution in [0.15, 0.2) is 30.3 Å². The first-order valence-electron chi connectivity index (χ1n) is 5.71. The number of aliphatic hydroxyl groups is 1. The largest absolute Gasteiger partial charge is 0.394 e. The van der Waals surface area contributed by atoms with E-state index in [0.29, 0.717) is 6.10 Å². The summed E-state index contributed by atoms with van der Waals surface area (Å²) in [5.74, 6) is 0. The van der Waals surface area contributed by atoms with Gasteiger partial charge < -0.3 is 15.2 Å². The van der Waals surface area contributed by atoms with Gasteiger partial charge >= 0.3 is 0 Å². The van der Waals surface area contributed by atoms with Gasteiger partial charge in [0.2, 0.25) is 0 Å². The standard InChI is InChI=1S/C13H19NO2/c1-16-12-7-13(8-12,10-15)14-9-11-5-3-2-4-6-11/h2-6,12,14-15H,7-10H2,1H3. The monoisotopic (exact) mass is 221 g/mol. The third-order valence-corrected chi connectivity index (χ3v) is 3.38. The van der Waals surface area contributed by atoms with Crippen molar-refractivity contribution < 1.29 is 9.84 Å². The Morgan fingerprint density at radius 2 is 2.06 bits per heavy atom. The molecule has 1 fully saturated rings. The van der Waals surface area contributed by atoms with Crippen LogP contribution in [0.2, 0.25) is 0 Å². The van der Waals surface area contributed by atoms with Crippen molar-refractivity contribution in [3.8, 4) is 0 Å². The van der Waals surface area contributed by atoms with Gasteiger partial charge in [-0.3, -0.25) is 0 Å². The Balaban J connectivity index is 1.85. The maximum atomic E-state index is 9.41. The molecule has 1 aromatic carbocycles. The highest BCUT2D eigenvalue weighted by molar-refractivity contribution is 5.15. The maximum Gasteiger partial charge on any atom is 0.0615 e. The molecule has 0 amide bonds. The second-order valence-corrected chi connectivity index (χ2v) is 4.54. The van der Waals surface area contributed by atoms with Crippen molar-refractivity contribution in [2.45, 2.75) is 31.0 Å². The predicted octanol–water partition coefficient (Wildman–Crippen LogP) is 1.32. The van der Waals surface area contributed by atoms with Crippen LogP contribution >= 0.6 is 0 Å². The van der Waals surface area contributed by atoms with Crippen LogP contribution in [0.1, 0.15) is 18.4 Å². The summed E-state index contributed by atoms with van der Waals surface area (Å²) in [6, 6.07) is 10.2. The molecule has 0 atom stereocenters. The van der Waals surface area contributed by atoms with E-state index in [1.54, 1.807) is 7.11 Å². The Kier molecular flexibility index (Phi) is 3.59. The van der Waals surface area contributed by atoms with Crippen LogP contribution < -0.4 is 5.32 Å². The number of nitrogens with one attached hydrogen (secondary N) is 1. The minimum Gasteiger partial charge on any atom is -0.394 e. The first kappa shape index (κ1) is 11.6. The highest BCUT2D eigenvalue weighted by Crippen LogP contribution is 2.34. The molecule has 2 rings (SSSR count). The number of ether oxygens (including phenoxy) is 1. The third kappa shape index (κ3) is 2.43. The molecule has 1 aromatic rings. The highest BCUT2D eigenvalue weighted by Gasteiger charge is 2.43. The van der Waals surface area contributed by atoms with Crippen molar-refractivity contribution in [2.24, 2.45) is 0 Å². The number of benzene rings is 1. The van der Waals surface area contributed by atoms with Crippen molar-refractivity contribution in [2.75, 3.05) is 13.7 Å². The lowest BCUT2D eigenvalue weighted by Gasteiger charge is -2.46. The Hall–Kier alpha value is -0.900. The van der Waals surface area contributed by atoms with Gasteiger partial charge in [-0.25, -0.2) is 0 Å². The second kappa shape index (κ2) is 4.95. The van der Waals surface area contributed by atoms with Crippen LogP contribution in [0.4, 0.5) is 0 Å². The minimum absolute atomic E-state index is 0.128. The van der Waals surface area contributed by atoms with Gasteiger partial charge in [-0.05, 0) is 18.4 Å². The fourth-order valence-electron chi connectivity index (χ4n) is 2.19. The Morgan fingerprint density at radius 3 is 2.62 bits per heavy atom. The average Bonchev–Trinajstić information content (AvgIpc) is 2.30. The quantitative estimate of drug-likeness (QED) is 0.788. The topological polar surface area (TPSA) is 41.5 Å². The lowest BCUT2D eigenvalue weighted by atomic mass is 9.74. The van der Waals surface area contributed by atoms with E-state index in [1.807, 2.05) is 18.2 Å². The van der Waals surface area contributed by atoms with Crippen molar-refractivity contribution in [3.05, 3.63) is 35.9 Å². The number of rotatable bonds is 5. The molecular formula is C13H19NO2. The van der Waals surface area contributed by atoms with Crippen LogP contribution in [0.25, 0.3) is 0 Å². The average molecular weight is 221 g/mol. The highest BCUT2D eigenvalue weighted by atomic mass is 16.5. The van der Waals surface area contributed by atoms with Crippen LogP contribution in [0.5, 0.6) is 0 Å². The molecule has 0 radical (unpaired) electrons. The Morgan fingerprint density at radius 1 is 1.38 bits per heavy atom. The van der Waals surface area contributed by atoms with Crippen molar-refractivity contribution >= 4 is 0 Å². The maximum absolute atomic E-state index is 9.41. The molecule has 3 heteroatoms. The summed E-state index contributed by atoms with van der Waals surface area (Å²) < 4.78 is 5.24. The molecular weight excluding hydrogens is 202 g/mol. The van der Waals surface area contributed by atoms with E-state index in [9.17, 15) is 5.11 Å². The van der Waals surface area contributed by atoms with E-state index in [1.165, 1.54) is 5.56 Å². The van der Waals surface area contributed by atoms with E-state index in [4.69, 9.17) is 4.74 Å². The molecule has 0 aliphatic heterocycles. The van der Waals surface area contributed by atoms with Gasteiger partial charge in [0.15, 0.2) is 0 Å². The van der Waals surface area contributed by atoms with Gasteiger partial charge in [0.1, 0.15) is 0 Å². The van der Waals surface area contributed by atoms with Gasteiger partial charge in [0, 0.05) is 19.2 Å². The smallest absolute Gasteiger partial charge is 0.0615 e. The second-order valence-electron chi connectivity index (χ2n) is 4.54. The van der Waals surface area contributed by atoms with Crippen molar-refractivity contribution in [3.63, 3.8) is 0 Å². The zero-order valence-electron chi connectivity index (χ0n) is 9.65. The zero-order chi connectivity index (χ0) is 11.4. The SMILES string of the molecule is COC1CC(CO)(NCc2ccccc2)C1. The lowest BCUT2D eigenvalue weighted by Crippen LogP contribution is -2.60. The minimum atomic E-state index is -0.128. The summed E-state index contributed by atoms with van der Waals surface area (Å²) in [7, 11) is 1.73. The van der Waals surface area contributed by atoms with Crippen LogP contribution in [-0.2, 0) is 11.3 Å². The van der Waals surface area contributed by atoms with Crippen molar-refractivity contribution in [1.82, 2.24) is 5.32 Å². The summed E-state index contributed by atoms with van der Waals surface area (Å²) in [6.45, 7) is 0.984. The number of aliphatic hydroxyl groups excluding tert-OH is 1. The van der Waals surface area contributed by atoms with E-state index in [-0.39, 0.29) is 12.1 Å². The normalized spacial score (nSPS) is 28.8. The van der Waals surface area contributed by atoms with Crippen molar-refractivity contribution in [1.29, 1.82) is 0 Å². The molecule has 16 heavy (non-hydrogen) atoms. The molecule has 0 heterocycles. The van der Waals surface area contributed by atoms with E-state index < -0.39 is 0 Å². The molecule has 88 valence electrons. The zero-order valence-corrected chi connectivity index (χ0v) is 9.65. The molecule has 0 spiro atoms. The predicted molar refractivity (Wildman–Crippen MR) is 63.1 cm³/mol. The first-order chi connectivity index (χ1) is 7.78. The van der Waals surface area contributed by atoms with Gasteiger partial charge in [-0.2, -0.15) is 0 Å². The third-order valence-electron chi connectivity index (χ3n) is 3.38. The fraction of sp³-hybridized carbons (Fsp3) is 0.538. The summed E-state index contributed by atoms with van der Waals surface area (Å²) in [5.41, 5.74) is 1.12. The molecule has 1 aliphatic rings. The molecule has 3 nitrogen and oxygen atoms in total. The summed E-state index contributed by atoms with van der Waals surface area (Å²) in [5, 5.41) is 12.8. The van der Waals surface area contributed by atoms with Gasteiger partial charge in [0.05, 0.1) is 12.7 Å². The van der Waals surface area contributed by atoms with Gasteiger partial charge in [-0.1, -0.05) is 30.3 Å². The molecule has 0 bridgehead atoms. The van der Waals surface area contributed by atoms with Gasteiger partial charge in [0.25, 0.3) is 0 Å². The first-order valence-corrected chi connectivity index (χ1v) is 5.71. The Labute approximate surface area is 96.4 Å².